The van der Waals surface area contributed by atoms with E-state index in [1.165, 1.54) is 0 Å². The van der Waals surface area contributed by atoms with Gasteiger partial charge in [0.05, 0.1) is 17.7 Å². The summed E-state index contributed by atoms with van der Waals surface area (Å²) in [6.07, 6.45) is 0. The van der Waals surface area contributed by atoms with E-state index in [1.807, 2.05) is 31.2 Å². The van der Waals surface area contributed by atoms with E-state index in [-0.39, 0.29) is 11.1 Å². The van der Waals surface area contributed by atoms with Gasteiger partial charge < -0.3 is 10.1 Å². The van der Waals surface area contributed by atoms with Crippen molar-refractivity contribution in [1.29, 1.82) is 0 Å². The van der Waals surface area contributed by atoms with E-state index in [1.54, 1.807) is 19.2 Å². The van der Waals surface area contributed by atoms with Crippen LogP contribution in [0.2, 0.25) is 5.02 Å². The second-order valence-electron chi connectivity index (χ2n) is 4.46. The van der Waals surface area contributed by atoms with Crippen LogP contribution in [0.5, 0.6) is 5.75 Å². The average Bonchev–Trinajstić information content (AvgIpc) is 2.49. The largest absolute Gasteiger partial charge is 0.494 e. The van der Waals surface area contributed by atoms with Crippen molar-refractivity contribution >= 4 is 27.5 Å². The molecule has 0 aliphatic rings. The highest BCUT2D eigenvalue weighted by molar-refractivity contribution is 9.10. The zero-order valence-electron chi connectivity index (χ0n) is 11.8. The molecule has 0 bridgehead atoms. The van der Waals surface area contributed by atoms with Crippen molar-refractivity contribution in [1.82, 2.24) is 5.32 Å². The average molecular weight is 373 g/mol. The van der Waals surface area contributed by atoms with Gasteiger partial charge >= 0.3 is 0 Å². The molecule has 0 spiro atoms. The zero-order chi connectivity index (χ0) is 15.4. The Morgan fingerprint density at radius 1 is 1.24 bits per heavy atom. The normalized spacial score (nSPS) is 12.2. The lowest BCUT2D eigenvalue weighted by Crippen LogP contribution is -2.20. The van der Waals surface area contributed by atoms with Crippen molar-refractivity contribution in [3.8, 4) is 5.75 Å². The molecule has 0 saturated carbocycles. The molecule has 1 N–H and O–H groups in total. The maximum Gasteiger partial charge on any atom is 0.148 e. The minimum Gasteiger partial charge on any atom is -0.494 e. The van der Waals surface area contributed by atoms with Gasteiger partial charge in [-0.05, 0) is 42.0 Å². The first-order chi connectivity index (χ1) is 10.1. The summed E-state index contributed by atoms with van der Waals surface area (Å²) in [5, 5.41) is 3.21. The van der Waals surface area contributed by atoms with E-state index in [9.17, 15) is 4.39 Å². The molecule has 5 heteroatoms. The lowest BCUT2D eigenvalue weighted by atomic mass is 9.97. The lowest BCUT2D eigenvalue weighted by molar-refractivity contribution is 0.334. The molecular weight excluding hydrogens is 357 g/mol. The molecular formula is C16H16BrClFNO. The van der Waals surface area contributed by atoms with Crippen LogP contribution < -0.4 is 10.1 Å². The van der Waals surface area contributed by atoms with Gasteiger partial charge in [-0.2, -0.15) is 0 Å². The summed E-state index contributed by atoms with van der Waals surface area (Å²) in [7, 11) is 1.78. The number of halogens is 3. The van der Waals surface area contributed by atoms with Gasteiger partial charge in [-0.3, -0.25) is 0 Å². The van der Waals surface area contributed by atoms with Gasteiger partial charge in [-0.25, -0.2) is 4.39 Å². The summed E-state index contributed by atoms with van der Waals surface area (Å²) in [4.78, 5) is 0. The minimum atomic E-state index is -0.434. The smallest absolute Gasteiger partial charge is 0.148 e. The molecule has 1 atom stereocenters. The molecule has 21 heavy (non-hydrogen) atoms. The van der Waals surface area contributed by atoms with E-state index in [0.29, 0.717) is 16.6 Å². The van der Waals surface area contributed by atoms with Gasteiger partial charge in [-0.15, -0.1) is 0 Å². The van der Waals surface area contributed by atoms with E-state index < -0.39 is 5.82 Å². The van der Waals surface area contributed by atoms with Gasteiger partial charge in [0.15, 0.2) is 0 Å². The second-order valence-corrected chi connectivity index (χ2v) is 5.69. The number of hydrogen-bond donors (Lipinski definition) is 1. The van der Waals surface area contributed by atoms with Crippen LogP contribution in [-0.2, 0) is 0 Å². The summed E-state index contributed by atoms with van der Waals surface area (Å²) < 4.78 is 20.6. The SMILES string of the molecule is CCOc1ccccc1C(NC)c1ccc(Br)c(Cl)c1F. The zero-order valence-corrected chi connectivity index (χ0v) is 14.1. The van der Waals surface area contributed by atoms with Crippen LogP contribution in [-0.4, -0.2) is 13.7 Å². The molecule has 2 nitrogen and oxygen atoms in total. The maximum absolute atomic E-state index is 14.5. The first kappa shape index (κ1) is 16.3. The van der Waals surface area contributed by atoms with Crippen LogP contribution in [0.1, 0.15) is 24.1 Å². The number of rotatable bonds is 5. The van der Waals surface area contributed by atoms with Gasteiger partial charge in [0.2, 0.25) is 0 Å². The topological polar surface area (TPSA) is 21.3 Å². The number of benzene rings is 2. The monoisotopic (exact) mass is 371 g/mol. The van der Waals surface area contributed by atoms with Crippen molar-refractivity contribution in [3.63, 3.8) is 0 Å². The molecule has 0 amide bonds. The van der Waals surface area contributed by atoms with Crippen LogP contribution in [0.25, 0.3) is 0 Å². The third kappa shape index (κ3) is 3.39. The lowest BCUT2D eigenvalue weighted by Gasteiger charge is -2.21. The predicted octanol–water partition coefficient (Wildman–Crippen LogP) is 4.95. The molecule has 1 unspecified atom stereocenters. The highest BCUT2D eigenvalue weighted by Crippen LogP contribution is 2.35. The Morgan fingerprint density at radius 2 is 1.95 bits per heavy atom. The summed E-state index contributed by atoms with van der Waals surface area (Å²) in [6.45, 7) is 2.47. The molecule has 0 fully saturated rings. The standard InChI is InChI=1S/C16H16BrClFNO/c1-3-21-13-7-5-4-6-10(13)16(20-2)11-8-9-12(17)14(18)15(11)19/h4-9,16,20H,3H2,1-2H3. The number of hydrogen-bond acceptors (Lipinski definition) is 2. The molecule has 0 radical (unpaired) electrons. The molecule has 2 aromatic rings. The Kier molecular flexibility index (Phi) is 5.62. The second kappa shape index (κ2) is 7.25. The maximum atomic E-state index is 14.5. The van der Waals surface area contributed by atoms with Gasteiger partial charge in [0, 0.05) is 15.6 Å². The molecule has 2 aromatic carbocycles. The van der Waals surface area contributed by atoms with Crippen molar-refractivity contribution in [3.05, 3.63) is 62.8 Å². The van der Waals surface area contributed by atoms with Crippen molar-refractivity contribution in [2.75, 3.05) is 13.7 Å². The van der Waals surface area contributed by atoms with Crippen LogP contribution in [0.3, 0.4) is 0 Å². The Balaban J connectivity index is 2.53. The minimum absolute atomic E-state index is 0.0849. The van der Waals surface area contributed by atoms with E-state index in [4.69, 9.17) is 16.3 Å². The molecule has 112 valence electrons. The van der Waals surface area contributed by atoms with Crippen LogP contribution in [0.4, 0.5) is 4.39 Å². The molecule has 0 aliphatic carbocycles. The third-order valence-corrected chi connectivity index (χ3v) is 4.45. The molecule has 0 aromatic heterocycles. The van der Waals surface area contributed by atoms with E-state index in [2.05, 4.69) is 21.2 Å². The van der Waals surface area contributed by atoms with Crippen LogP contribution in [0, 0.1) is 5.82 Å². The molecule has 0 saturated heterocycles. The highest BCUT2D eigenvalue weighted by Gasteiger charge is 2.22. The number of nitrogens with one attached hydrogen (secondary N) is 1. The third-order valence-electron chi connectivity index (χ3n) is 3.19. The Morgan fingerprint density at radius 3 is 2.62 bits per heavy atom. The quantitative estimate of drug-likeness (QED) is 0.750. The fraction of sp³-hybridized carbons (Fsp3) is 0.250. The predicted molar refractivity (Wildman–Crippen MR) is 87.6 cm³/mol. The first-order valence-corrected chi connectivity index (χ1v) is 7.79. The Labute approximate surface area is 137 Å². The Bertz CT molecular complexity index is 636. The summed E-state index contributed by atoms with van der Waals surface area (Å²) in [5.41, 5.74) is 1.36. The summed E-state index contributed by atoms with van der Waals surface area (Å²) >= 11 is 9.22. The van der Waals surface area contributed by atoms with Crippen molar-refractivity contribution in [2.24, 2.45) is 0 Å². The fourth-order valence-corrected chi connectivity index (χ4v) is 2.73. The first-order valence-electron chi connectivity index (χ1n) is 6.62. The highest BCUT2D eigenvalue weighted by atomic mass is 79.9. The van der Waals surface area contributed by atoms with E-state index in [0.717, 1.165) is 11.3 Å². The van der Waals surface area contributed by atoms with Crippen molar-refractivity contribution < 1.29 is 9.13 Å². The molecule has 0 heterocycles. The summed E-state index contributed by atoms with van der Waals surface area (Å²) in [5.74, 6) is 0.300. The fourth-order valence-electron chi connectivity index (χ4n) is 2.25. The number of para-hydroxylation sites is 1. The van der Waals surface area contributed by atoms with E-state index >= 15 is 0 Å². The Hall–Kier alpha value is -1.10. The molecule has 2 rings (SSSR count). The number of ether oxygens (including phenoxy) is 1. The summed E-state index contributed by atoms with van der Waals surface area (Å²) in [6, 6.07) is 10.7. The van der Waals surface area contributed by atoms with Gasteiger partial charge in [0.1, 0.15) is 11.6 Å². The van der Waals surface area contributed by atoms with Gasteiger partial charge in [-0.1, -0.05) is 35.9 Å². The van der Waals surface area contributed by atoms with Crippen LogP contribution >= 0.6 is 27.5 Å². The van der Waals surface area contributed by atoms with Crippen LogP contribution in [0.15, 0.2) is 40.9 Å². The van der Waals surface area contributed by atoms with Gasteiger partial charge in [0.25, 0.3) is 0 Å². The molecule has 0 aliphatic heterocycles. The van der Waals surface area contributed by atoms with Crippen molar-refractivity contribution in [2.45, 2.75) is 13.0 Å².